The van der Waals surface area contributed by atoms with Crippen LogP contribution in [0.2, 0.25) is 0 Å². The lowest BCUT2D eigenvalue weighted by atomic mass is 9.94. The summed E-state index contributed by atoms with van der Waals surface area (Å²) in [6, 6.07) is 8.19. The van der Waals surface area contributed by atoms with E-state index in [4.69, 9.17) is 5.73 Å². The van der Waals surface area contributed by atoms with E-state index in [0.29, 0.717) is 13.1 Å². The Morgan fingerprint density at radius 3 is 2.58 bits per heavy atom. The zero-order valence-corrected chi connectivity index (χ0v) is 11.9. The van der Waals surface area contributed by atoms with Crippen LogP contribution in [0.25, 0.3) is 0 Å². The topological polar surface area (TPSA) is 58.4 Å². The molecule has 1 aliphatic rings. The molecule has 1 unspecified atom stereocenters. The molecule has 1 saturated heterocycles. The van der Waals surface area contributed by atoms with Gasteiger partial charge in [0.15, 0.2) is 0 Å². The van der Waals surface area contributed by atoms with Gasteiger partial charge in [0.05, 0.1) is 0 Å². The minimum atomic E-state index is -0.245. The fourth-order valence-electron chi connectivity index (χ4n) is 2.53. The van der Waals surface area contributed by atoms with Gasteiger partial charge in [-0.2, -0.15) is 0 Å². The lowest BCUT2D eigenvalue weighted by Crippen LogP contribution is -2.66. The summed E-state index contributed by atoms with van der Waals surface area (Å²) in [5.74, 6) is 0.0361. The van der Waals surface area contributed by atoms with Crippen molar-refractivity contribution in [3.8, 4) is 0 Å². The molecule has 0 bridgehead atoms. The van der Waals surface area contributed by atoms with Crippen LogP contribution < -0.4 is 11.1 Å². The van der Waals surface area contributed by atoms with Gasteiger partial charge in [-0.15, -0.1) is 0 Å². The van der Waals surface area contributed by atoms with Gasteiger partial charge in [-0.25, -0.2) is 0 Å². The molecule has 3 N–H and O–H groups in total. The zero-order valence-electron chi connectivity index (χ0n) is 11.9. The largest absolute Gasteiger partial charge is 0.353 e. The Labute approximate surface area is 115 Å². The first-order valence-electron chi connectivity index (χ1n) is 6.74. The monoisotopic (exact) mass is 261 g/mol. The van der Waals surface area contributed by atoms with Crippen molar-refractivity contribution >= 4 is 5.91 Å². The highest BCUT2D eigenvalue weighted by Crippen LogP contribution is 2.24. The first-order chi connectivity index (χ1) is 8.94. The predicted octanol–water partition coefficient (Wildman–Crippen LogP) is 1.03. The number of hydrogen-bond acceptors (Lipinski definition) is 3. The summed E-state index contributed by atoms with van der Waals surface area (Å²) in [6.45, 7) is 8.12. The molecule has 2 rings (SSSR count). The number of aryl methyl sites for hydroxylation is 1. The molecule has 19 heavy (non-hydrogen) atoms. The number of amides is 1. The van der Waals surface area contributed by atoms with Crippen LogP contribution in [-0.2, 0) is 11.3 Å². The number of piperazine rings is 1. The summed E-state index contributed by atoms with van der Waals surface area (Å²) in [7, 11) is 0. The SMILES string of the molecule is Cc1ccc(CN2C(CN)C(=O)NCC2(C)C)cc1. The molecule has 0 radical (unpaired) electrons. The smallest absolute Gasteiger partial charge is 0.238 e. The Balaban J connectivity index is 2.22. The summed E-state index contributed by atoms with van der Waals surface area (Å²) >= 11 is 0. The number of nitrogens with zero attached hydrogens (tertiary/aromatic N) is 1. The van der Waals surface area contributed by atoms with Crippen LogP contribution >= 0.6 is 0 Å². The molecule has 1 aliphatic heterocycles. The van der Waals surface area contributed by atoms with Gasteiger partial charge in [0, 0.05) is 25.2 Å². The minimum Gasteiger partial charge on any atom is -0.353 e. The number of carbonyl (C=O) groups is 1. The molecule has 1 aromatic carbocycles. The molecule has 1 heterocycles. The number of hydrogen-bond donors (Lipinski definition) is 2. The van der Waals surface area contributed by atoms with E-state index in [0.717, 1.165) is 6.54 Å². The maximum Gasteiger partial charge on any atom is 0.238 e. The Bertz CT molecular complexity index is 453. The summed E-state index contributed by atoms with van der Waals surface area (Å²) in [4.78, 5) is 14.1. The van der Waals surface area contributed by atoms with Crippen molar-refractivity contribution in [3.05, 3.63) is 35.4 Å². The van der Waals surface area contributed by atoms with Gasteiger partial charge in [0.2, 0.25) is 5.91 Å². The first kappa shape index (κ1) is 14.0. The highest BCUT2D eigenvalue weighted by Gasteiger charge is 2.40. The van der Waals surface area contributed by atoms with Gasteiger partial charge in [-0.05, 0) is 26.3 Å². The van der Waals surface area contributed by atoms with Gasteiger partial charge in [-0.1, -0.05) is 29.8 Å². The average molecular weight is 261 g/mol. The second kappa shape index (κ2) is 5.31. The van der Waals surface area contributed by atoms with Crippen LogP contribution in [0.3, 0.4) is 0 Å². The van der Waals surface area contributed by atoms with Gasteiger partial charge >= 0.3 is 0 Å². The Morgan fingerprint density at radius 2 is 2.00 bits per heavy atom. The Morgan fingerprint density at radius 1 is 1.37 bits per heavy atom. The summed E-state index contributed by atoms with van der Waals surface area (Å²) in [5, 5.41) is 2.94. The molecule has 1 atom stereocenters. The molecule has 104 valence electrons. The van der Waals surface area contributed by atoms with E-state index in [1.54, 1.807) is 0 Å². The van der Waals surface area contributed by atoms with Crippen molar-refractivity contribution in [1.82, 2.24) is 10.2 Å². The maximum absolute atomic E-state index is 11.9. The van der Waals surface area contributed by atoms with Crippen molar-refractivity contribution in [2.24, 2.45) is 5.73 Å². The van der Waals surface area contributed by atoms with E-state index in [9.17, 15) is 4.79 Å². The average Bonchev–Trinajstić information content (AvgIpc) is 2.37. The molecule has 4 nitrogen and oxygen atoms in total. The second-order valence-corrected chi connectivity index (χ2v) is 5.90. The second-order valence-electron chi connectivity index (χ2n) is 5.90. The quantitative estimate of drug-likeness (QED) is 0.854. The number of benzene rings is 1. The van der Waals surface area contributed by atoms with Crippen molar-refractivity contribution in [2.75, 3.05) is 13.1 Å². The molecule has 0 spiro atoms. The standard InChI is InChI=1S/C15H23N3O/c1-11-4-6-12(7-5-11)9-18-13(8-16)14(19)17-10-15(18,2)3/h4-7,13H,8-10,16H2,1-3H3,(H,17,19). The number of carbonyl (C=O) groups excluding carboxylic acids is 1. The summed E-state index contributed by atoms with van der Waals surface area (Å²) in [5.41, 5.74) is 8.16. The van der Waals surface area contributed by atoms with E-state index in [1.807, 2.05) is 0 Å². The first-order valence-corrected chi connectivity index (χ1v) is 6.74. The molecule has 0 aliphatic carbocycles. The van der Waals surface area contributed by atoms with E-state index < -0.39 is 0 Å². The number of rotatable bonds is 3. The minimum absolute atomic E-state index is 0.0361. The van der Waals surface area contributed by atoms with E-state index in [1.165, 1.54) is 11.1 Å². The fraction of sp³-hybridized carbons (Fsp3) is 0.533. The molecule has 0 aromatic heterocycles. The Kier molecular flexibility index (Phi) is 3.92. The molecule has 4 heteroatoms. The van der Waals surface area contributed by atoms with Crippen LogP contribution in [-0.4, -0.2) is 35.5 Å². The van der Waals surface area contributed by atoms with Crippen molar-refractivity contribution in [1.29, 1.82) is 0 Å². The molecule has 1 amide bonds. The molecule has 0 saturated carbocycles. The molecule has 1 aromatic rings. The normalized spacial score (nSPS) is 23.2. The van der Waals surface area contributed by atoms with E-state index in [2.05, 4.69) is 55.3 Å². The van der Waals surface area contributed by atoms with Crippen LogP contribution in [0, 0.1) is 6.92 Å². The van der Waals surface area contributed by atoms with Gasteiger partial charge in [0.1, 0.15) is 6.04 Å². The zero-order chi connectivity index (χ0) is 14.0. The van der Waals surface area contributed by atoms with Crippen molar-refractivity contribution < 1.29 is 4.79 Å². The highest BCUT2D eigenvalue weighted by molar-refractivity contribution is 5.83. The molecular weight excluding hydrogens is 238 g/mol. The Hall–Kier alpha value is -1.39. The fourth-order valence-corrected chi connectivity index (χ4v) is 2.53. The van der Waals surface area contributed by atoms with Crippen LogP contribution in [0.4, 0.5) is 0 Å². The summed E-state index contributed by atoms with van der Waals surface area (Å²) in [6.07, 6.45) is 0. The summed E-state index contributed by atoms with van der Waals surface area (Å²) < 4.78 is 0. The molecule has 1 fully saturated rings. The third-order valence-electron chi connectivity index (χ3n) is 3.85. The van der Waals surface area contributed by atoms with Gasteiger partial charge in [-0.3, -0.25) is 9.69 Å². The van der Waals surface area contributed by atoms with Crippen LogP contribution in [0.1, 0.15) is 25.0 Å². The van der Waals surface area contributed by atoms with E-state index >= 15 is 0 Å². The van der Waals surface area contributed by atoms with E-state index in [-0.39, 0.29) is 17.5 Å². The maximum atomic E-state index is 11.9. The molecular formula is C15H23N3O. The van der Waals surface area contributed by atoms with Crippen molar-refractivity contribution in [3.63, 3.8) is 0 Å². The van der Waals surface area contributed by atoms with Crippen LogP contribution in [0.5, 0.6) is 0 Å². The lowest BCUT2D eigenvalue weighted by Gasteiger charge is -2.46. The van der Waals surface area contributed by atoms with Crippen molar-refractivity contribution in [2.45, 2.75) is 38.9 Å². The predicted molar refractivity (Wildman–Crippen MR) is 76.7 cm³/mol. The lowest BCUT2D eigenvalue weighted by molar-refractivity contribution is -0.134. The third kappa shape index (κ3) is 2.96. The highest BCUT2D eigenvalue weighted by atomic mass is 16.2. The van der Waals surface area contributed by atoms with Gasteiger partial charge in [0.25, 0.3) is 0 Å². The van der Waals surface area contributed by atoms with Crippen LogP contribution in [0.15, 0.2) is 24.3 Å². The number of nitrogens with one attached hydrogen (secondary N) is 1. The third-order valence-corrected chi connectivity index (χ3v) is 3.85. The van der Waals surface area contributed by atoms with Gasteiger partial charge < -0.3 is 11.1 Å². The number of nitrogens with two attached hydrogens (primary N) is 1.